The van der Waals surface area contributed by atoms with Crippen molar-refractivity contribution in [2.24, 2.45) is 0 Å². The van der Waals surface area contributed by atoms with Gasteiger partial charge in [0.05, 0.1) is 27.2 Å². The highest BCUT2D eigenvalue weighted by molar-refractivity contribution is 4.58. The van der Waals surface area contributed by atoms with Crippen molar-refractivity contribution >= 4 is 0 Å². The Balaban J connectivity index is 3.61. The summed E-state index contributed by atoms with van der Waals surface area (Å²) < 4.78 is 1.14. The maximum atomic E-state index is 2.34. The fourth-order valence-corrected chi connectivity index (χ4v) is 2.41. The van der Waals surface area contributed by atoms with Crippen LogP contribution in [-0.2, 0) is 0 Å². The van der Waals surface area contributed by atoms with Gasteiger partial charge in [0.25, 0.3) is 0 Å². The third kappa shape index (κ3) is 8.15. The average molecular weight is 228 g/mol. The highest BCUT2D eigenvalue weighted by atomic mass is 15.3. The average Bonchev–Trinajstić information content (AvgIpc) is 2.20. The van der Waals surface area contributed by atoms with E-state index in [0.717, 1.165) is 10.5 Å². The Morgan fingerprint density at radius 3 is 1.75 bits per heavy atom. The van der Waals surface area contributed by atoms with Crippen LogP contribution in [0.4, 0.5) is 0 Å². The van der Waals surface area contributed by atoms with E-state index < -0.39 is 0 Å². The molecule has 0 amide bonds. The monoisotopic (exact) mass is 228 g/mol. The molecule has 1 atom stereocenters. The molecular weight excluding hydrogens is 194 g/mol. The Hall–Kier alpha value is -0.0400. The van der Waals surface area contributed by atoms with Gasteiger partial charge in [0.15, 0.2) is 0 Å². The highest BCUT2D eigenvalue weighted by Crippen LogP contribution is 2.18. The molecule has 0 fully saturated rings. The Bertz CT molecular complexity index is 146. The first-order chi connectivity index (χ1) is 7.52. The van der Waals surface area contributed by atoms with Crippen LogP contribution in [0.1, 0.15) is 71.6 Å². The van der Waals surface area contributed by atoms with Gasteiger partial charge in [0.2, 0.25) is 0 Å². The molecule has 0 spiro atoms. The van der Waals surface area contributed by atoms with Crippen LogP contribution in [0.5, 0.6) is 0 Å². The van der Waals surface area contributed by atoms with Crippen molar-refractivity contribution in [3.8, 4) is 0 Å². The predicted octanol–water partition coefficient (Wildman–Crippen LogP) is 4.61. The summed E-state index contributed by atoms with van der Waals surface area (Å²) in [6, 6.07) is 0.871. The van der Waals surface area contributed by atoms with Gasteiger partial charge in [-0.05, 0) is 19.3 Å². The second-order valence-electron chi connectivity index (χ2n) is 6.12. The summed E-state index contributed by atoms with van der Waals surface area (Å²) in [6.45, 7) is 4.60. The number of rotatable bonds is 10. The van der Waals surface area contributed by atoms with E-state index in [-0.39, 0.29) is 0 Å². The second kappa shape index (κ2) is 9.04. The Labute approximate surface area is 104 Å². The molecule has 1 unspecified atom stereocenters. The normalized spacial score (nSPS) is 14.1. The molecule has 0 aromatic heterocycles. The van der Waals surface area contributed by atoms with Gasteiger partial charge in [-0.15, -0.1) is 0 Å². The fraction of sp³-hybridized carbons (Fsp3) is 1.00. The van der Waals surface area contributed by atoms with Gasteiger partial charge in [-0.25, -0.2) is 0 Å². The van der Waals surface area contributed by atoms with E-state index >= 15 is 0 Å². The highest BCUT2D eigenvalue weighted by Gasteiger charge is 2.21. The zero-order valence-electron chi connectivity index (χ0n) is 12.4. The lowest BCUT2D eigenvalue weighted by molar-refractivity contribution is -0.896. The van der Waals surface area contributed by atoms with Gasteiger partial charge < -0.3 is 4.48 Å². The smallest absolute Gasteiger partial charge is 0.0884 e. The molecule has 0 radical (unpaired) electrons. The fourth-order valence-electron chi connectivity index (χ4n) is 2.41. The van der Waals surface area contributed by atoms with Crippen LogP contribution in [0.15, 0.2) is 0 Å². The first-order valence-electron chi connectivity index (χ1n) is 7.33. The largest absolute Gasteiger partial charge is 0.328 e. The lowest BCUT2D eigenvalue weighted by Gasteiger charge is -2.34. The second-order valence-corrected chi connectivity index (χ2v) is 6.12. The van der Waals surface area contributed by atoms with Crippen molar-refractivity contribution in [3.63, 3.8) is 0 Å². The Morgan fingerprint density at radius 1 is 0.688 bits per heavy atom. The maximum absolute atomic E-state index is 2.34. The molecule has 0 bridgehead atoms. The summed E-state index contributed by atoms with van der Waals surface area (Å²) in [6.07, 6.45) is 12.7. The van der Waals surface area contributed by atoms with Crippen molar-refractivity contribution in [2.45, 2.75) is 77.7 Å². The van der Waals surface area contributed by atoms with Crippen molar-refractivity contribution in [1.82, 2.24) is 0 Å². The third-order valence-electron chi connectivity index (χ3n) is 3.61. The SMILES string of the molecule is CCCCCCCCC(CCC)[N+](C)(C)C. The molecule has 0 aromatic rings. The molecule has 0 N–H and O–H groups in total. The summed E-state index contributed by atoms with van der Waals surface area (Å²) in [5.41, 5.74) is 0. The zero-order chi connectivity index (χ0) is 12.4. The van der Waals surface area contributed by atoms with Crippen LogP contribution in [0, 0.1) is 0 Å². The van der Waals surface area contributed by atoms with E-state index in [9.17, 15) is 0 Å². The van der Waals surface area contributed by atoms with Gasteiger partial charge in [-0.3, -0.25) is 0 Å². The number of quaternary nitrogens is 1. The van der Waals surface area contributed by atoms with Crippen LogP contribution >= 0.6 is 0 Å². The molecule has 98 valence electrons. The zero-order valence-corrected chi connectivity index (χ0v) is 12.4. The summed E-state index contributed by atoms with van der Waals surface area (Å²) >= 11 is 0. The van der Waals surface area contributed by atoms with Gasteiger partial charge in [0.1, 0.15) is 0 Å². The van der Waals surface area contributed by atoms with E-state index in [1.54, 1.807) is 0 Å². The van der Waals surface area contributed by atoms with Crippen LogP contribution < -0.4 is 0 Å². The first-order valence-corrected chi connectivity index (χ1v) is 7.33. The number of unbranched alkanes of at least 4 members (excludes halogenated alkanes) is 5. The molecule has 0 heterocycles. The molecule has 1 heteroatoms. The minimum absolute atomic E-state index is 0.871. The topological polar surface area (TPSA) is 0 Å². The molecule has 0 saturated carbocycles. The van der Waals surface area contributed by atoms with Crippen LogP contribution in [-0.4, -0.2) is 31.7 Å². The molecule has 0 aliphatic carbocycles. The van der Waals surface area contributed by atoms with Crippen LogP contribution in [0.3, 0.4) is 0 Å². The van der Waals surface area contributed by atoms with Gasteiger partial charge in [0, 0.05) is 0 Å². The van der Waals surface area contributed by atoms with E-state index in [1.807, 2.05) is 0 Å². The van der Waals surface area contributed by atoms with E-state index in [0.29, 0.717) is 0 Å². The predicted molar refractivity (Wildman–Crippen MR) is 74.7 cm³/mol. The van der Waals surface area contributed by atoms with Crippen molar-refractivity contribution in [3.05, 3.63) is 0 Å². The van der Waals surface area contributed by atoms with Crippen molar-refractivity contribution in [2.75, 3.05) is 21.1 Å². The Kier molecular flexibility index (Phi) is 9.02. The molecule has 0 aromatic carbocycles. The first kappa shape index (κ1) is 16.0. The Morgan fingerprint density at radius 2 is 1.25 bits per heavy atom. The number of nitrogens with zero attached hydrogens (tertiary/aromatic N) is 1. The van der Waals surface area contributed by atoms with Gasteiger partial charge in [-0.2, -0.15) is 0 Å². The van der Waals surface area contributed by atoms with E-state index in [4.69, 9.17) is 0 Å². The van der Waals surface area contributed by atoms with Crippen LogP contribution in [0.25, 0.3) is 0 Å². The summed E-state index contributed by atoms with van der Waals surface area (Å²) in [7, 11) is 7.03. The lowest BCUT2D eigenvalue weighted by Crippen LogP contribution is -2.44. The molecule has 0 aliphatic rings. The minimum Gasteiger partial charge on any atom is -0.328 e. The maximum Gasteiger partial charge on any atom is 0.0884 e. The summed E-state index contributed by atoms with van der Waals surface area (Å²) in [4.78, 5) is 0. The quantitative estimate of drug-likeness (QED) is 0.378. The standard InChI is InChI=1S/C15H34N/c1-6-8-9-10-11-12-14-15(13-7-2)16(3,4)5/h15H,6-14H2,1-5H3/q+1. The summed E-state index contributed by atoms with van der Waals surface area (Å²) in [5, 5.41) is 0. The van der Waals surface area contributed by atoms with Crippen molar-refractivity contribution < 1.29 is 4.48 Å². The molecule has 1 nitrogen and oxygen atoms in total. The molecule has 0 aliphatic heterocycles. The molecule has 16 heavy (non-hydrogen) atoms. The molecular formula is C15H34N+. The minimum atomic E-state index is 0.871. The summed E-state index contributed by atoms with van der Waals surface area (Å²) in [5.74, 6) is 0. The van der Waals surface area contributed by atoms with E-state index in [1.165, 1.54) is 57.8 Å². The van der Waals surface area contributed by atoms with Crippen molar-refractivity contribution in [1.29, 1.82) is 0 Å². The number of hydrogen-bond donors (Lipinski definition) is 0. The molecule has 0 rings (SSSR count). The third-order valence-corrected chi connectivity index (χ3v) is 3.61. The van der Waals surface area contributed by atoms with E-state index in [2.05, 4.69) is 35.0 Å². The lowest BCUT2D eigenvalue weighted by atomic mass is 10.0. The molecule has 0 saturated heterocycles. The van der Waals surface area contributed by atoms with Gasteiger partial charge >= 0.3 is 0 Å². The van der Waals surface area contributed by atoms with Gasteiger partial charge in [-0.1, -0.05) is 52.4 Å². The number of hydrogen-bond acceptors (Lipinski definition) is 0. The van der Waals surface area contributed by atoms with Crippen LogP contribution in [0.2, 0.25) is 0 Å².